The summed E-state index contributed by atoms with van der Waals surface area (Å²) in [5, 5.41) is 7.53. The number of rotatable bonds is 4. The maximum absolute atomic E-state index is 12.7. The molecular formula is C20H34IN5O3. The fraction of sp³-hybridized carbons (Fsp3) is 0.750. The molecule has 0 saturated carbocycles. The number of ether oxygens (including phenoxy) is 1. The highest BCUT2D eigenvalue weighted by Crippen LogP contribution is 2.23. The molecule has 29 heavy (non-hydrogen) atoms. The van der Waals surface area contributed by atoms with Crippen LogP contribution in [0.3, 0.4) is 0 Å². The van der Waals surface area contributed by atoms with Crippen molar-refractivity contribution in [3.8, 4) is 0 Å². The average Bonchev–Trinajstić information content (AvgIpc) is 3.07. The number of aryl methyl sites for hydroxylation is 2. The number of halogens is 1. The number of piperidine rings is 1. The Morgan fingerprint density at radius 2 is 1.86 bits per heavy atom. The fourth-order valence-corrected chi connectivity index (χ4v) is 4.25. The van der Waals surface area contributed by atoms with Gasteiger partial charge in [-0.1, -0.05) is 12.1 Å². The molecule has 0 aromatic carbocycles. The summed E-state index contributed by atoms with van der Waals surface area (Å²) >= 11 is 0. The van der Waals surface area contributed by atoms with E-state index in [4.69, 9.17) is 9.26 Å². The first kappa shape index (κ1) is 23.9. The number of morpholine rings is 1. The van der Waals surface area contributed by atoms with E-state index in [0.29, 0.717) is 13.2 Å². The van der Waals surface area contributed by atoms with E-state index in [1.165, 1.54) is 0 Å². The first-order chi connectivity index (χ1) is 13.5. The van der Waals surface area contributed by atoms with E-state index in [2.05, 4.69) is 27.3 Å². The molecule has 0 spiro atoms. The number of aromatic nitrogens is 1. The summed E-state index contributed by atoms with van der Waals surface area (Å²) in [6.45, 7) is 11.3. The number of nitrogens with one attached hydrogen (secondary N) is 1. The molecule has 0 bridgehead atoms. The van der Waals surface area contributed by atoms with Crippen LogP contribution in [0.4, 0.5) is 0 Å². The van der Waals surface area contributed by atoms with E-state index < -0.39 is 0 Å². The lowest BCUT2D eigenvalue weighted by Crippen LogP contribution is -2.50. The van der Waals surface area contributed by atoms with Gasteiger partial charge in [-0.3, -0.25) is 9.79 Å². The van der Waals surface area contributed by atoms with E-state index in [-0.39, 0.29) is 41.7 Å². The molecule has 2 saturated heterocycles. The topological polar surface area (TPSA) is 83.2 Å². The molecule has 3 heterocycles. The fourth-order valence-electron chi connectivity index (χ4n) is 4.25. The molecule has 3 rings (SSSR count). The van der Waals surface area contributed by atoms with Crippen molar-refractivity contribution in [1.82, 2.24) is 20.3 Å². The Morgan fingerprint density at radius 3 is 2.41 bits per heavy atom. The number of guanidine groups is 1. The summed E-state index contributed by atoms with van der Waals surface area (Å²) in [6.07, 6.45) is 1.74. The molecule has 1 aromatic rings. The number of amides is 1. The van der Waals surface area contributed by atoms with E-state index in [0.717, 1.165) is 68.5 Å². The van der Waals surface area contributed by atoms with E-state index in [1.807, 2.05) is 25.8 Å². The maximum Gasteiger partial charge on any atom is 0.225 e. The molecule has 1 atom stereocenters. The van der Waals surface area contributed by atoms with Gasteiger partial charge in [-0.05, 0) is 26.7 Å². The molecule has 2 fully saturated rings. The minimum Gasteiger partial charge on any atom is -0.378 e. The second kappa shape index (κ2) is 11.1. The Bertz CT molecular complexity index is 675. The highest BCUT2D eigenvalue weighted by Gasteiger charge is 2.30. The lowest BCUT2D eigenvalue weighted by molar-refractivity contribution is -0.140. The summed E-state index contributed by atoms with van der Waals surface area (Å²) in [5.41, 5.74) is 2.11. The Kier molecular flexibility index (Phi) is 9.19. The standard InChI is InChI=1S/C20H33N5O3.HI/c1-14(18-15(2)23-28-16(18)3)13-22-20(21-4)25-7-5-17(6-8-25)19(26)24-9-11-27-12-10-24;/h14,17H,5-13H2,1-4H3,(H,21,22);1H. The summed E-state index contributed by atoms with van der Waals surface area (Å²) in [4.78, 5) is 21.4. The van der Waals surface area contributed by atoms with Crippen LogP contribution in [0.2, 0.25) is 0 Å². The predicted octanol–water partition coefficient (Wildman–Crippen LogP) is 2.16. The lowest BCUT2D eigenvalue weighted by Gasteiger charge is -2.37. The van der Waals surface area contributed by atoms with Crippen LogP contribution < -0.4 is 5.32 Å². The van der Waals surface area contributed by atoms with Crippen molar-refractivity contribution in [2.75, 3.05) is 53.0 Å². The monoisotopic (exact) mass is 519 g/mol. The number of hydrogen-bond acceptors (Lipinski definition) is 5. The van der Waals surface area contributed by atoms with Crippen LogP contribution in [0, 0.1) is 19.8 Å². The number of carbonyl (C=O) groups excluding carboxylic acids is 1. The molecule has 1 aromatic heterocycles. The van der Waals surface area contributed by atoms with Gasteiger partial charge in [0.1, 0.15) is 5.76 Å². The maximum atomic E-state index is 12.7. The average molecular weight is 519 g/mol. The van der Waals surface area contributed by atoms with Gasteiger partial charge in [-0.25, -0.2) is 0 Å². The molecule has 0 radical (unpaired) electrons. The number of nitrogens with zero attached hydrogens (tertiary/aromatic N) is 4. The van der Waals surface area contributed by atoms with Crippen LogP contribution in [0.15, 0.2) is 9.52 Å². The van der Waals surface area contributed by atoms with Gasteiger partial charge >= 0.3 is 0 Å². The summed E-state index contributed by atoms with van der Waals surface area (Å²) in [5.74, 6) is 2.47. The van der Waals surface area contributed by atoms with Gasteiger partial charge in [0.05, 0.1) is 18.9 Å². The summed E-state index contributed by atoms with van der Waals surface area (Å²) < 4.78 is 10.6. The van der Waals surface area contributed by atoms with Crippen molar-refractivity contribution < 1.29 is 14.1 Å². The van der Waals surface area contributed by atoms with Crippen LogP contribution in [0.5, 0.6) is 0 Å². The van der Waals surface area contributed by atoms with Crippen molar-refractivity contribution >= 4 is 35.8 Å². The zero-order valence-electron chi connectivity index (χ0n) is 17.9. The molecule has 8 nitrogen and oxygen atoms in total. The van der Waals surface area contributed by atoms with Gasteiger partial charge < -0.3 is 24.4 Å². The van der Waals surface area contributed by atoms with Gasteiger partial charge in [0.25, 0.3) is 0 Å². The lowest BCUT2D eigenvalue weighted by atomic mass is 9.95. The summed E-state index contributed by atoms with van der Waals surface area (Å²) in [7, 11) is 1.81. The zero-order chi connectivity index (χ0) is 20.1. The van der Waals surface area contributed by atoms with Crippen LogP contribution >= 0.6 is 24.0 Å². The second-order valence-corrected chi connectivity index (χ2v) is 7.77. The van der Waals surface area contributed by atoms with E-state index in [9.17, 15) is 4.79 Å². The number of likely N-dealkylation sites (tertiary alicyclic amines) is 1. The number of carbonyl (C=O) groups is 1. The van der Waals surface area contributed by atoms with Crippen LogP contribution in [-0.4, -0.2) is 79.8 Å². The molecule has 2 aliphatic heterocycles. The molecule has 0 aliphatic carbocycles. The van der Waals surface area contributed by atoms with Gasteiger partial charge in [-0.2, -0.15) is 0 Å². The first-order valence-electron chi connectivity index (χ1n) is 10.3. The largest absolute Gasteiger partial charge is 0.378 e. The molecule has 1 N–H and O–H groups in total. The quantitative estimate of drug-likeness (QED) is 0.373. The molecule has 164 valence electrons. The predicted molar refractivity (Wildman–Crippen MR) is 123 cm³/mol. The van der Waals surface area contributed by atoms with Crippen LogP contribution in [-0.2, 0) is 9.53 Å². The Hall–Kier alpha value is -1.36. The minimum absolute atomic E-state index is 0. The van der Waals surface area contributed by atoms with Crippen molar-refractivity contribution in [1.29, 1.82) is 0 Å². The molecule has 9 heteroatoms. The van der Waals surface area contributed by atoms with Gasteiger partial charge in [0.2, 0.25) is 5.91 Å². The third-order valence-electron chi connectivity index (χ3n) is 5.83. The van der Waals surface area contributed by atoms with Crippen molar-refractivity contribution in [3.63, 3.8) is 0 Å². The highest BCUT2D eigenvalue weighted by atomic mass is 127. The zero-order valence-corrected chi connectivity index (χ0v) is 20.3. The smallest absolute Gasteiger partial charge is 0.225 e. The normalized spacial score (nSPS) is 19.7. The van der Waals surface area contributed by atoms with Gasteiger partial charge in [-0.15, -0.1) is 24.0 Å². The van der Waals surface area contributed by atoms with E-state index in [1.54, 1.807) is 0 Å². The molecule has 1 unspecified atom stereocenters. The Morgan fingerprint density at radius 1 is 1.21 bits per heavy atom. The molecule has 2 aliphatic rings. The van der Waals surface area contributed by atoms with Gasteiger partial charge in [0, 0.05) is 57.2 Å². The minimum atomic E-state index is 0. The van der Waals surface area contributed by atoms with Crippen LogP contribution in [0.25, 0.3) is 0 Å². The third-order valence-corrected chi connectivity index (χ3v) is 5.83. The summed E-state index contributed by atoms with van der Waals surface area (Å²) in [6, 6.07) is 0. The Balaban J connectivity index is 0.00000300. The number of aliphatic imine (C=N–C) groups is 1. The van der Waals surface area contributed by atoms with Crippen molar-refractivity contribution in [3.05, 3.63) is 17.0 Å². The van der Waals surface area contributed by atoms with Crippen molar-refractivity contribution in [2.24, 2.45) is 10.9 Å². The van der Waals surface area contributed by atoms with Crippen molar-refractivity contribution in [2.45, 2.75) is 39.5 Å². The Labute approximate surface area is 190 Å². The molecular weight excluding hydrogens is 485 g/mol. The first-order valence-corrected chi connectivity index (χ1v) is 10.3. The number of hydrogen-bond donors (Lipinski definition) is 1. The molecule has 1 amide bonds. The third kappa shape index (κ3) is 5.84. The van der Waals surface area contributed by atoms with E-state index >= 15 is 0 Å². The SMILES string of the molecule is CN=C(NCC(C)c1c(C)noc1C)N1CCC(C(=O)N2CCOCC2)CC1.I. The second-order valence-electron chi connectivity index (χ2n) is 7.77. The van der Waals surface area contributed by atoms with Crippen LogP contribution in [0.1, 0.15) is 42.7 Å². The van der Waals surface area contributed by atoms with Gasteiger partial charge in [0.15, 0.2) is 5.96 Å². The highest BCUT2D eigenvalue weighted by molar-refractivity contribution is 14.0.